The molecule has 0 saturated carbocycles. The number of rotatable bonds is 2. The minimum atomic E-state index is -0.747. The Morgan fingerprint density at radius 2 is 2.09 bits per heavy atom. The maximum atomic E-state index is 12.4. The predicted molar refractivity (Wildman–Crippen MR) is 82.8 cm³/mol. The van der Waals surface area contributed by atoms with Crippen molar-refractivity contribution >= 4 is 29.3 Å². The number of hydrogen-bond donors (Lipinski definition) is 1. The number of benzene rings is 1. The number of hydroxylamine groups is 1. The Hall–Kier alpha value is -1.79. The van der Waals surface area contributed by atoms with Crippen LogP contribution in [-0.4, -0.2) is 30.8 Å². The van der Waals surface area contributed by atoms with E-state index in [4.69, 9.17) is 21.2 Å². The van der Waals surface area contributed by atoms with Gasteiger partial charge in [-0.2, -0.15) is 5.06 Å². The molecule has 0 aliphatic carbocycles. The Bertz CT molecular complexity index is 598. The molecule has 0 radical (unpaired) electrons. The summed E-state index contributed by atoms with van der Waals surface area (Å²) in [7, 11) is 1.39. The van der Waals surface area contributed by atoms with Gasteiger partial charge in [-0.1, -0.05) is 17.7 Å². The van der Waals surface area contributed by atoms with Gasteiger partial charge in [-0.3, -0.25) is 9.63 Å². The van der Waals surface area contributed by atoms with Crippen molar-refractivity contribution in [2.45, 2.75) is 38.8 Å². The molecule has 1 aromatic carbocycles. The Kier molecular flexibility index (Phi) is 4.63. The van der Waals surface area contributed by atoms with Gasteiger partial charge >= 0.3 is 6.09 Å². The first-order chi connectivity index (χ1) is 10.2. The quantitative estimate of drug-likeness (QED) is 0.907. The minimum Gasteiger partial charge on any atom is -0.444 e. The number of ether oxygens (including phenoxy) is 1. The molecule has 7 heteroatoms. The molecule has 1 heterocycles. The third kappa shape index (κ3) is 3.69. The van der Waals surface area contributed by atoms with E-state index in [1.807, 2.05) is 0 Å². The normalized spacial score (nSPS) is 18.0. The second-order valence-electron chi connectivity index (χ2n) is 5.99. The van der Waals surface area contributed by atoms with Crippen molar-refractivity contribution < 1.29 is 19.2 Å². The highest BCUT2D eigenvalue weighted by atomic mass is 35.5. The van der Waals surface area contributed by atoms with Gasteiger partial charge in [0.1, 0.15) is 11.6 Å². The van der Waals surface area contributed by atoms with Gasteiger partial charge in [0.05, 0.1) is 12.8 Å². The summed E-state index contributed by atoms with van der Waals surface area (Å²) in [6.45, 7) is 5.27. The highest BCUT2D eigenvalue weighted by Crippen LogP contribution is 2.30. The number of anilines is 1. The molecule has 2 amide bonds. The number of nitrogens with one attached hydrogen (secondary N) is 1. The topological polar surface area (TPSA) is 67.9 Å². The molecule has 0 saturated heterocycles. The maximum absolute atomic E-state index is 12.4. The molecule has 6 nitrogen and oxygen atoms in total. The van der Waals surface area contributed by atoms with Gasteiger partial charge in [0.25, 0.3) is 5.91 Å². The molecule has 0 bridgehead atoms. The van der Waals surface area contributed by atoms with Crippen LogP contribution in [0.25, 0.3) is 0 Å². The fourth-order valence-corrected chi connectivity index (χ4v) is 2.38. The van der Waals surface area contributed by atoms with E-state index < -0.39 is 17.7 Å². The van der Waals surface area contributed by atoms with E-state index in [1.165, 1.54) is 7.11 Å². The SMILES string of the molecule is CON1C(=O)[C@@H](NC(=O)OC(C)(C)C)Cc2ccc(Cl)cc21. The van der Waals surface area contributed by atoms with Crippen molar-refractivity contribution in [1.82, 2.24) is 5.32 Å². The molecular formula is C15H19ClN2O4. The Balaban J connectivity index is 2.20. The lowest BCUT2D eigenvalue weighted by atomic mass is 9.99. The van der Waals surface area contributed by atoms with Crippen LogP contribution in [0.1, 0.15) is 26.3 Å². The number of fused-ring (bicyclic) bond motifs is 1. The zero-order chi connectivity index (χ0) is 16.5. The van der Waals surface area contributed by atoms with Crippen molar-refractivity contribution in [2.75, 3.05) is 12.2 Å². The predicted octanol–water partition coefficient (Wildman–Crippen LogP) is 2.68. The number of hydrogen-bond acceptors (Lipinski definition) is 4. The Labute approximate surface area is 134 Å². The summed E-state index contributed by atoms with van der Waals surface area (Å²) in [5.41, 5.74) is 0.808. The van der Waals surface area contributed by atoms with Gasteiger partial charge in [-0.15, -0.1) is 0 Å². The van der Waals surface area contributed by atoms with E-state index in [0.29, 0.717) is 17.1 Å². The Morgan fingerprint density at radius 3 is 2.68 bits per heavy atom. The summed E-state index contributed by atoms with van der Waals surface area (Å²) in [4.78, 5) is 29.4. The monoisotopic (exact) mass is 326 g/mol. The van der Waals surface area contributed by atoms with E-state index in [9.17, 15) is 9.59 Å². The van der Waals surface area contributed by atoms with E-state index in [2.05, 4.69) is 5.32 Å². The number of halogens is 1. The summed E-state index contributed by atoms with van der Waals surface area (Å²) in [5.74, 6) is -0.372. The van der Waals surface area contributed by atoms with Gasteiger partial charge in [0.15, 0.2) is 0 Å². The van der Waals surface area contributed by atoms with Gasteiger partial charge < -0.3 is 10.1 Å². The Morgan fingerprint density at radius 1 is 1.41 bits per heavy atom. The van der Waals surface area contributed by atoms with Crippen LogP contribution in [0.2, 0.25) is 5.02 Å². The highest BCUT2D eigenvalue weighted by molar-refractivity contribution is 6.31. The van der Waals surface area contributed by atoms with E-state index in [1.54, 1.807) is 39.0 Å². The van der Waals surface area contributed by atoms with Crippen molar-refractivity contribution in [3.8, 4) is 0 Å². The van der Waals surface area contributed by atoms with Crippen LogP contribution in [0.15, 0.2) is 18.2 Å². The zero-order valence-corrected chi connectivity index (χ0v) is 13.7. The molecule has 0 spiro atoms. The maximum Gasteiger partial charge on any atom is 0.408 e. The summed E-state index contributed by atoms with van der Waals surface area (Å²) in [6, 6.07) is 4.44. The van der Waals surface area contributed by atoms with Crippen molar-refractivity contribution in [3.63, 3.8) is 0 Å². The van der Waals surface area contributed by atoms with Crippen LogP contribution >= 0.6 is 11.6 Å². The summed E-state index contributed by atoms with van der Waals surface area (Å²) in [6.07, 6.45) is -0.288. The third-order valence-electron chi connectivity index (χ3n) is 3.06. The van der Waals surface area contributed by atoms with Crippen LogP contribution < -0.4 is 10.4 Å². The first kappa shape index (κ1) is 16.6. The molecule has 0 aromatic heterocycles. The van der Waals surface area contributed by atoms with E-state index in [0.717, 1.165) is 10.6 Å². The summed E-state index contributed by atoms with van der Waals surface area (Å²) >= 11 is 5.96. The molecule has 1 aliphatic rings. The minimum absolute atomic E-state index is 0.352. The van der Waals surface area contributed by atoms with Gasteiger partial charge in [-0.05, 0) is 38.5 Å². The van der Waals surface area contributed by atoms with Gasteiger partial charge in [-0.25, -0.2) is 4.79 Å². The number of alkyl carbamates (subject to hydrolysis) is 1. The van der Waals surface area contributed by atoms with Crippen molar-refractivity contribution in [3.05, 3.63) is 28.8 Å². The highest BCUT2D eigenvalue weighted by Gasteiger charge is 2.35. The van der Waals surface area contributed by atoms with E-state index in [-0.39, 0.29) is 5.91 Å². The largest absolute Gasteiger partial charge is 0.444 e. The van der Waals surface area contributed by atoms with Crippen LogP contribution in [0.3, 0.4) is 0 Å². The zero-order valence-electron chi connectivity index (χ0n) is 13.0. The standard InChI is InChI=1S/C15H19ClN2O4/c1-15(2,3)22-14(20)17-11-7-9-5-6-10(16)8-12(9)18(21-4)13(11)19/h5-6,8,11H,7H2,1-4H3,(H,17,20)/t11-/m0/s1. The van der Waals surface area contributed by atoms with E-state index >= 15 is 0 Å². The van der Waals surface area contributed by atoms with Gasteiger partial charge in [0, 0.05) is 11.4 Å². The number of amides is 2. The second-order valence-corrected chi connectivity index (χ2v) is 6.43. The van der Waals surface area contributed by atoms with Crippen LogP contribution in [0.4, 0.5) is 10.5 Å². The molecule has 0 fully saturated rings. The lowest BCUT2D eigenvalue weighted by Crippen LogP contribution is -2.53. The van der Waals surface area contributed by atoms with Crippen molar-refractivity contribution in [2.24, 2.45) is 0 Å². The average Bonchev–Trinajstić information content (AvgIpc) is 2.38. The van der Waals surface area contributed by atoms with Crippen molar-refractivity contribution in [1.29, 1.82) is 0 Å². The summed E-state index contributed by atoms with van der Waals surface area (Å²) in [5, 5.41) is 4.22. The molecule has 1 atom stereocenters. The lowest BCUT2D eigenvalue weighted by molar-refractivity contribution is -0.127. The van der Waals surface area contributed by atoms with Gasteiger partial charge in [0.2, 0.25) is 0 Å². The molecule has 1 N–H and O–H groups in total. The first-order valence-electron chi connectivity index (χ1n) is 6.87. The fraction of sp³-hybridized carbons (Fsp3) is 0.467. The molecular weight excluding hydrogens is 308 g/mol. The number of nitrogens with zero attached hydrogens (tertiary/aromatic N) is 1. The van der Waals surface area contributed by atoms with Crippen LogP contribution in [-0.2, 0) is 20.8 Å². The summed E-state index contributed by atoms with van der Waals surface area (Å²) < 4.78 is 5.18. The first-order valence-corrected chi connectivity index (χ1v) is 7.25. The smallest absolute Gasteiger partial charge is 0.408 e. The van der Waals surface area contributed by atoms with Crippen LogP contribution in [0, 0.1) is 0 Å². The molecule has 1 aromatic rings. The number of carbonyl (C=O) groups is 2. The molecule has 1 aliphatic heterocycles. The molecule has 2 rings (SSSR count). The fourth-order valence-electron chi connectivity index (χ4n) is 2.22. The molecule has 0 unspecified atom stereocenters. The molecule has 120 valence electrons. The molecule has 22 heavy (non-hydrogen) atoms. The third-order valence-corrected chi connectivity index (χ3v) is 3.30. The second kappa shape index (κ2) is 6.14. The average molecular weight is 327 g/mol. The lowest BCUT2D eigenvalue weighted by Gasteiger charge is -2.32. The van der Waals surface area contributed by atoms with Crippen LogP contribution in [0.5, 0.6) is 0 Å². The number of carbonyl (C=O) groups excluding carboxylic acids is 2.